The maximum atomic E-state index is 13.2. The van der Waals surface area contributed by atoms with Crippen molar-refractivity contribution >= 4 is 90.7 Å². The molecule has 4 amide bonds. The van der Waals surface area contributed by atoms with Crippen molar-refractivity contribution in [3.63, 3.8) is 0 Å². The minimum absolute atomic E-state index is 0.164. The van der Waals surface area contributed by atoms with Crippen molar-refractivity contribution in [2.75, 3.05) is 11.5 Å². The Morgan fingerprint density at radius 3 is 2.33 bits per heavy atom. The van der Waals surface area contributed by atoms with E-state index in [0.717, 1.165) is 22.1 Å². The first-order chi connectivity index (χ1) is 17.3. The summed E-state index contributed by atoms with van der Waals surface area (Å²) < 4.78 is 14.6. The van der Waals surface area contributed by atoms with Crippen molar-refractivity contribution in [1.29, 1.82) is 0 Å². The number of amides is 4. The van der Waals surface area contributed by atoms with E-state index in [2.05, 4.69) is 66.4 Å². The number of hydrogen-bond donors (Lipinski definition) is 1. The van der Waals surface area contributed by atoms with Gasteiger partial charge in [-0.2, -0.15) is 0 Å². The SMILES string of the molecule is CCOc1cc(/C=C2\C(=O)NC(=O)N(c3ccc(Br)cc3)C2=O)cc(I)c1OCc1ccc(I)cc1. The summed E-state index contributed by atoms with van der Waals surface area (Å²) in [7, 11) is 0. The zero-order chi connectivity index (χ0) is 25.8. The van der Waals surface area contributed by atoms with E-state index in [4.69, 9.17) is 9.47 Å². The summed E-state index contributed by atoms with van der Waals surface area (Å²) in [4.78, 5) is 39.1. The molecule has 0 unspecified atom stereocenters. The molecule has 0 bridgehead atoms. The fourth-order valence-corrected chi connectivity index (χ4v) is 4.86. The van der Waals surface area contributed by atoms with Crippen LogP contribution in [0, 0.1) is 7.14 Å². The molecule has 0 radical (unpaired) electrons. The highest BCUT2D eigenvalue weighted by atomic mass is 127. The van der Waals surface area contributed by atoms with Gasteiger partial charge in [-0.15, -0.1) is 0 Å². The van der Waals surface area contributed by atoms with Crippen LogP contribution in [0.1, 0.15) is 18.1 Å². The molecule has 0 atom stereocenters. The number of imide groups is 2. The zero-order valence-corrected chi connectivity index (χ0v) is 24.8. The molecule has 0 aliphatic carbocycles. The van der Waals surface area contributed by atoms with E-state index in [0.29, 0.717) is 36.0 Å². The molecule has 0 spiro atoms. The molecule has 184 valence electrons. The Morgan fingerprint density at radius 2 is 1.67 bits per heavy atom. The van der Waals surface area contributed by atoms with E-state index in [1.54, 1.807) is 36.4 Å². The van der Waals surface area contributed by atoms with Gasteiger partial charge in [-0.25, -0.2) is 9.69 Å². The number of hydrogen-bond acceptors (Lipinski definition) is 5. The molecule has 10 heteroatoms. The normalized spacial score (nSPS) is 14.7. The number of barbiturate groups is 1. The summed E-state index contributed by atoms with van der Waals surface area (Å²) in [6, 6.07) is 17.4. The molecular weight excluding hydrogens is 754 g/mol. The van der Waals surface area contributed by atoms with Crippen LogP contribution in [-0.2, 0) is 16.2 Å². The molecule has 1 N–H and O–H groups in total. The van der Waals surface area contributed by atoms with Crippen molar-refractivity contribution in [3.05, 3.63) is 89.0 Å². The maximum Gasteiger partial charge on any atom is 0.335 e. The summed E-state index contributed by atoms with van der Waals surface area (Å²) in [6.07, 6.45) is 1.45. The topological polar surface area (TPSA) is 84.9 Å². The molecule has 1 fully saturated rings. The number of carbonyl (C=O) groups is 3. The van der Waals surface area contributed by atoms with Gasteiger partial charge >= 0.3 is 6.03 Å². The highest BCUT2D eigenvalue weighted by molar-refractivity contribution is 14.1. The van der Waals surface area contributed by atoms with E-state index in [1.165, 1.54) is 6.08 Å². The number of rotatable bonds is 7. The van der Waals surface area contributed by atoms with Crippen molar-refractivity contribution in [1.82, 2.24) is 5.32 Å². The van der Waals surface area contributed by atoms with E-state index < -0.39 is 17.8 Å². The monoisotopic (exact) mass is 772 g/mol. The predicted molar refractivity (Wildman–Crippen MR) is 157 cm³/mol. The Bertz CT molecular complexity index is 1360. The average molecular weight is 773 g/mol. The van der Waals surface area contributed by atoms with Gasteiger partial charge in [0, 0.05) is 8.04 Å². The Labute approximate surface area is 243 Å². The van der Waals surface area contributed by atoms with E-state index in [1.807, 2.05) is 31.2 Å². The van der Waals surface area contributed by atoms with Gasteiger partial charge in [0.05, 0.1) is 15.9 Å². The summed E-state index contributed by atoms with van der Waals surface area (Å²) >= 11 is 7.72. The fraction of sp³-hybridized carbons (Fsp3) is 0.115. The second-order valence-corrected chi connectivity index (χ2v) is 10.9. The molecule has 1 heterocycles. The van der Waals surface area contributed by atoms with E-state index in [9.17, 15) is 14.4 Å². The second-order valence-electron chi connectivity index (χ2n) is 7.61. The first-order valence-corrected chi connectivity index (χ1v) is 13.7. The minimum Gasteiger partial charge on any atom is -0.490 e. The van der Waals surface area contributed by atoms with Gasteiger partial charge in [-0.1, -0.05) is 28.1 Å². The Hall–Kier alpha value is -2.45. The first-order valence-electron chi connectivity index (χ1n) is 10.8. The number of halogens is 3. The number of nitrogens with one attached hydrogen (secondary N) is 1. The third-order valence-electron chi connectivity index (χ3n) is 5.13. The molecule has 1 aliphatic heterocycles. The molecule has 3 aromatic rings. The molecule has 0 saturated carbocycles. The van der Waals surface area contributed by atoms with E-state index in [-0.39, 0.29) is 5.57 Å². The zero-order valence-electron chi connectivity index (χ0n) is 18.9. The summed E-state index contributed by atoms with van der Waals surface area (Å²) in [5, 5.41) is 2.24. The largest absolute Gasteiger partial charge is 0.490 e. The average Bonchev–Trinajstić information content (AvgIpc) is 2.83. The number of nitrogens with zero attached hydrogens (tertiary/aromatic N) is 1. The van der Waals surface area contributed by atoms with E-state index >= 15 is 0 Å². The van der Waals surface area contributed by atoms with Gasteiger partial charge in [0.25, 0.3) is 11.8 Å². The first kappa shape index (κ1) is 26.6. The number of ether oxygens (including phenoxy) is 2. The summed E-state index contributed by atoms with van der Waals surface area (Å²) in [5.74, 6) is -0.404. The third kappa shape index (κ3) is 6.09. The fourth-order valence-electron chi connectivity index (χ4n) is 3.46. The quantitative estimate of drug-likeness (QED) is 0.173. The minimum atomic E-state index is -0.798. The highest BCUT2D eigenvalue weighted by Gasteiger charge is 2.36. The van der Waals surface area contributed by atoms with Crippen LogP contribution < -0.4 is 19.7 Å². The lowest BCUT2D eigenvalue weighted by Gasteiger charge is -2.26. The number of anilines is 1. The van der Waals surface area contributed by atoms with Gasteiger partial charge in [0.2, 0.25) is 0 Å². The van der Waals surface area contributed by atoms with Crippen LogP contribution in [0.15, 0.2) is 70.7 Å². The van der Waals surface area contributed by atoms with Crippen LogP contribution in [-0.4, -0.2) is 24.5 Å². The molecule has 0 aromatic heterocycles. The second kappa shape index (κ2) is 11.7. The molecular formula is C26H19BrI2N2O5. The van der Waals surface area contributed by atoms with Gasteiger partial charge < -0.3 is 9.47 Å². The molecule has 4 rings (SSSR count). The number of carbonyl (C=O) groups excluding carboxylic acids is 3. The predicted octanol–water partition coefficient (Wildman–Crippen LogP) is 6.30. The van der Waals surface area contributed by atoms with Crippen LogP contribution in [0.25, 0.3) is 6.08 Å². The lowest BCUT2D eigenvalue weighted by molar-refractivity contribution is -0.122. The highest BCUT2D eigenvalue weighted by Crippen LogP contribution is 2.36. The molecule has 1 aliphatic rings. The van der Waals surface area contributed by atoms with Crippen LogP contribution in [0.4, 0.5) is 10.5 Å². The maximum absolute atomic E-state index is 13.2. The number of urea groups is 1. The lowest BCUT2D eigenvalue weighted by Crippen LogP contribution is -2.54. The third-order valence-corrected chi connectivity index (χ3v) is 7.17. The van der Waals surface area contributed by atoms with Crippen LogP contribution >= 0.6 is 61.1 Å². The Balaban J connectivity index is 1.65. The van der Waals surface area contributed by atoms with Crippen LogP contribution in [0.3, 0.4) is 0 Å². The van der Waals surface area contributed by atoms with Crippen LogP contribution in [0.5, 0.6) is 11.5 Å². The van der Waals surface area contributed by atoms with Gasteiger partial charge in [-0.05, 0) is 118 Å². The molecule has 1 saturated heterocycles. The van der Waals surface area contributed by atoms with Crippen molar-refractivity contribution in [2.24, 2.45) is 0 Å². The molecule has 36 heavy (non-hydrogen) atoms. The van der Waals surface area contributed by atoms with Crippen molar-refractivity contribution in [3.8, 4) is 11.5 Å². The van der Waals surface area contributed by atoms with Gasteiger partial charge in [0.15, 0.2) is 11.5 Å². The lowest BCUT2D eigenvalue weighted by atomic mass is 10.1. The van der Waals surface area contributed by atoms with Crippen molar-refractivity contribution < 1.29 is 23.9 Å². The van der Waals surface area contributed by atoms with Crippen molar-refractivity contribution in [2.45, 2.75) is 13.5 Å². The van der Waals surface area contributed by atoms with Gasteiger partial charge in [0.1, 0.15) is 12.2 Å². The Kier molecular flexibility index (Phi) is 8.67. The standard InChI is InChI=1S/C26H19BrI2N2O5/c1-2-35-22-13-16(12-21(29)23(22)36-14-15-3-7-18(28)8-4-15)11-20-24(32)30-26(34)31(25(20)33)19-9-5-17(27)6-10-19/h3-13H,2,14H2,1H3,(H,30,32,34)/b20-11+. The summed E-state index contributed by atoms with van der Waals surface area (Å²) in [5.41, 5.74) is 1.77. The Morgan fingerprint density at radius 1 is 0.972 bits per heavy atom. The molecule has 7 nitrogen and oxygen atoms in total. The van der Waals surface area contributed by atoms with Gasteiger partial charge in [-0.3, -0.25) is 14.9 Å². The smallest absolute Gasteiger partial charge is 0.335 e. The number of benzene rings is 3. The summed E-state index contributed by atoms with van der Waals surface area (Å²) in [6.45, 7) is 2.63. The van der Waals surface area contributed by atoms with Crippen LogP contribution in [0.2, 0.25) is 0 Å². The molecule has 3 aromatic carbocycles.